The van der Waals surface area contributed by atoms with Gasteiger partial charge in [0.1, 0.15) is 0 Å². The first-order chi connectivity index (χ1) is 9.03. The molecule has 0 saturated carbocycles. The van der Waals surface area contributed by atoms with Crippen molar-refractivity contribution >= 4 is 21.6 Å². The molecule has 1 aromatic heterocycles. The maximum Gasteiger partial charge on any atom is 0.214 e. The van der Waals surface area contributed by atoms with E-state index in [1.54, 1.807) is 10.5 Å². The lowest BCUT2D eigenvalue weighted by Gasteiger charge is -2.32. The number of alkyl halides is 1. The van der Waals surface area contributed by atoms with Crippen LogP contribution in [0.5, 0.6) is 0 Å². The second-order valence-electron chi connectivity index (χ2n) is 5.25. The third kappa shape index (κ3) is 3.70. The van der Waals surface area contributed by atoms with Gasteiger partial charge in [0.15, 0.2) is 0 Å². The van der Waals surface area contributed by atoms with E-state index in [0.29, 0.717) is 19.0 Å². The highest BCUT2D eigenvalue weighted by Gasteiger charge is 2.30. The average Bonchev–Trinajstić information content (AvgIpc) is 2.92. The van der Waals surface area contributed by atoms with Gasteiger partial charge in [0.25, 0.3) is 0 Å². The van der Waals surface area contributed by atoms with Gasteiger partial charge in [-0.25, -0.2) is 12.7 Å². The molecule has 0 radical (unpaired) electrons. The Morgan fingerprint density at radius 1 is 1.63 bits per heavy atom. The summed E-state index contributed by atoms with van der Waals surface area (Å²) in [6.07, 6.45) is 3.59. The summed E-state index contributed by atoms with van der Waals surface area (Å²) < 4.78 is 26.2. The van der Waals surface area contributed by atoms with Crippen LogP contribution in [0.4, 0.5) is 0 Å². The van der Waals surface area contributed by atoms with Gasteiger partial charge in [0.2, 0.25) is 10.0 Å². The Morgan fingerprint density at radius 3 is 3.05 bits per heavy atom. The molecule has 2 heterocycles. The summed E-state index contributed by atoms with van der Waals surface area (Å²) in [5.41, 5.74) is 1.02. The van der Waals surface area contributed by atoms with E-state index < -0.39 is 10.0 Å². The highest BCUT2D eigenvalue weighted by atomic mass is 35.5. The Labute approximate surface area is 119 Å². The van der Waals surface area contributed by atoms with Crippen LogP contribution >= 0.6 is 11.6 Å². The number of halogens is 1. The van der Waals surface area contributed by atoms with Gasteiger partial charge in [0, 0.05) is 36.8 Å². The number of hydrogen-bond donors (Lipinski definition) is 1. The van der Waals surface area contributed by atoms with Gasteiger partial charge in [-0.05, 0) is 24.8 Å². The number of aromatic amines is 1. The standard InChI is InChI=1S/C12H20ClN3O2S/c1-10(7-13)9-19(17,18)16-6-2-3-11(8-16)12-4-5-14-15-12/h4-5,10-11H,2-3,6-9H2,1H3,(H,14,15). The fraction of sp³-hybridized carbons (Fsp3) is 0.750. The van der Waals surface area contributed by atoms with Gasteiger partial charge >= 0.3 is 0 Å². The zero-order valence-corrected chi connectivity index (χ0v) is 12.6. The van der Waals surface area contributed by atoms with Crippen LogP contribution in [0.15, 0.2) is 12.3 Å². The van der Waals surface area contributed by atoms with Gasteiger partial charge in [0.05, 0.1) is 5.75 Å². The Kier molecular flexibility index (Phi) is 4.86. The zero-order chi connectivity index (χ0) is 13.9. The van der Waals surface area contributed by atoms with Crippen LogP contribution in [0, 0.1) is 5.92 Å². The van der Waals surface area contributed by atoms with Crippen molar-refractivity contribution in [1.82, 2.24) is 14.5 Å². The van der Waals surface area contributed by atoms with E-state index in [2.05, 4.69) is 10.2 Å². The molecule has 7 heteroatoms. The predicted molar refractivity (Wildman–Crippen MR) is 75.8 cm³/mol. The van der Waals surface area contributed by atoms with Crippen molar-refractivity contribution < 1.29 is 8.42 Å². The van der Waals surface area contributed by atoms with E-state index in [9.17, 15) is 8.42 Å². The van der Waals surface area contributed by atoms with Gasteiger partial charge in [-0.15, -0.1) is 11.6 Å². The van der Waals surface area contributed by atoms with Gasteiger partial charge < -0.3 is 0 Å². The van der Waals surface area contributed by atoms with Crippen LogP contribution < -0.4 is 0 Å². The lowest BCUT2D eigenvalue weighted by atomic mass is 9.96. The topological polar surface area (TPSA) is 66.1 Å². The number of sulfonamides is 1. The van der Waals surface area contributed by atoms with Crippen LogP contribution in [0.1, 0.15) is 31.4 Å². The number of nitrogens with zero attached hydrogens (tertiary/aromatic N) is 2. The summed E-state index contributed by atoms with van der Waals surface area (Å²) in [6.45, 7) is 3.02. The van der Waals surface area contributed by atoms with E-state index in [-0.39, 0.29) is 17.6 Å². The van der Waals surface area contributed by atoms with Gasteiger partial charge in [-0.3, -0.25) is 5.10 Å². The molecule has 2 unspecified atom stereocenters. The summed E-state index contributed by atoms with van der Waals surface area (Å²) in [5, 5.41) is 6.87. The van der Waals surface area contributed by atoms with Crippen molar-refractivity contribution in [1.29, 1.82) is 0 Å². The van der Waals surface area contributed by atoms with Crippen molar-refractivity contribution in [2.45, 2.75) is 25.7 Å². The maximum atomic E-state index is 12.3. The van der Waals surface area contributed by atoms with Crippen LogP contribution in [-0.2, 0) is 10.0 Å². The molecular formula is C12H20ClN3O2S. The van der Waals surface area contributed by atoms with Gasteiger partial charge in [-0.2, -0.15) is 5.10 Å². The van der Waals surface area contributed by atoms with Crippen molar-refractivity contribution in [3.63, 3.8) is 0 Å². The first-order valence-corrected chi connectivity index (χ1v) is 8.70. The van der Waals surface area contributed by atoms with Crippen molar-refractivity contribution in [2.24, 2.45) is 5.92 Å². The Hall–Kier alpha value is -0.590. The minimum Gasteiger partial charge on any atom is -0.282 e. The highest BCUT2D eigenvalue weighted by Crippen LogP contribution is 2.27. The maximum absolute atomic E-state index is 12.3. The molecule has 1 saturated heterocycles. The quantitative estimate of drug-likeness (QED) is 0.844. The SMILES string of the molecule is CC(CCl)CS(=O)(=O)N1CCCC(c2ccn[nH]2)C1. The fourth-order valence-electron chi connectivity index (χ4n) is 2.45. The van der Waals surface area contributed by atoms with Crippen molar-refractivity contribution in [3.05, 3.63) is 18.0 Å². The molecule has 0 amide bonds. The molecule has 5 nitrogen and oxygen atoms in total. The zero-order valence-electron chi connectivity index (χ0n) is 11.0. The molecule has 1 aliphatic rings. The largest absolute Gasteiger partial charge is 0.282 e. The first kappa shape index (κ1) is 14.8. The molecular weight excluding hydrogens is 286 g/mol. The minimum atomic E-state index is -3.20. The molecule has 108 valence electrons. The second-order valence-corrected chi connectivity index (χ2v) is 7.57. The molecule has 2 atom stereocenters. The Bertz CT molecular complexity index is 489. The van der Waals surface area contributed by atoms with Crippen LogP contribution in [0.25, 0.3) is 0 Å². The molecule has 1 N–H and O–H groups in total. The number of nitrogens with one attached hydrogen (secondary N) is 1. The smallest absolute Gasteiger partial charge is 0.214 e. The van der Waals surface area contributed by atoms with E-state index in [4.69, 9.17) is 11.6 Å². The Balaban J connectivity index is 2.04. The number of H-pyrrole nitrogens is 1. The molecule has 19 heavy (non-hydrogen) atoms. The molecule has 0 bridgehead atoms. The van der Waals surface area contributed by atoms with Crippen LogP contribution in [0.3, 0.4) is 0 Å². The van der Waals surface area contributed by atoms with Crippen LogP contribution in [0.2, 0.25) is 0 Å². The summed E-state index contributed by atoms with van der Waals surface area (Å²) >= 11 is 5.71. The first-order valence-electron chi connectivity index (χ1n) is 6.56. The van der Waals surface area contributed by atoms with E-state index in [1.165, 1.54) is 0 Å². The monoisotopic (exact) mass is 305 g/mol. The molecule has 1 aromatic rings. The summed E-state index contributed by atoms with van der Waals surface area (Å²) in [7, 11) is -3.20. The summed E-state index contributed by atoms with van der Waals surface area (Å²) in [5.74, 6) is 0.708. The minimum absolute atomic E-state index is 0.0146. The van der Waals surface area contributed by atoms with E-state index in [1.807, 2.05) is 13.0 Å². The number of rotatable bonds is 5. The predicted octanol–water partition coefficient (Wildman–Crippen LogP) is 1.79. The lowest BCUT2D eigenvalue weighted by Crippen LogP contribution is -2.41. The number of aromatic nitrogens is 2. The third-order valence-corrected chi connectivity index (χ3v) is 6.13. The summed E-state index contributed by atoms with van der Waals surface area (Å²) in [4.78, 5) is 0. The fourth-order valence-corrected chi connectivity index (χ4v) is 4.55. The molecule has 2 rings (SSSR count). The average molecular weight is 306 g/mol. The van der Waals surface area contributed by atoms with Crippen molar-refractivity contribution in [3.8, 4) is 0 Å². The normalized spacial score (nSPS) is 23.4. The van der Waals surface area contributed by atoms with Gasteiger partial charge in [-0.1, -0.05) is 6.92 Å². The second kappa shape index (κ2) is 6.24. The molecule has 0 spiro atoms. The molecule has 1 aliphatic heterocycles. The number of hydrogen-bond acceptors (Lipinski definition) is 3. The summed E-state index contributed by atoms with van der Waals surface area (Å²) in [6, 6.07) is 1.92. The number of piperidine rings is 1. The molecule has 1 fully saturated rings. The van der Waals surface area contributed by atoms with Crippen LogP contribution in [-0.4, -0.2) is 47.6 Å². The third-order valence-electron chi connectivity index (χ3n) is 3.50. The highest BCUT2D eigenvalue weighted by molar-refractivity contribution is 7.89. The molecule has 0 aliphatic carbocycles. The van der Waals surface area contributed by atoms with Crippen molar-refractivity contribution in [2.75, 3.05) is 24.7 Å². The Morgan fingerprint density at radius 2 is 2.42 bits per heavy atom. The van der Waals surface area contributed by atoms with E-state index >= 15 is 0 Å². The van der Waals surface area contributed by atoms with E-state index in [0.717, 1.165) is 18.5 Å². The molecule has 0 aromatic carbocycles. The lowest BCUT2D eigenvalue weighted by molar-refractivity contribution is 0.311.